The number of rotatable bonds is 6. The van der Waals surface area contributed by atoms with E-state index < -0.39 is 0 Å². The first-order chi connectivity index (χ1) is 8.61. The van der Waals surface area contributed by atoms with Gasteiger partial charge in [-0.15, -0.1) is 0 Å². The third-order valence-corrected chi connectivity index (χ3v) is 4.09. The van der Waals surface area contributed by atoms with E-state index >= 15 is 0 Å². The molecule has 0 aliphatic heterocycles. The van der Waals surface area contributed by atoms with E-state index in [-0.39, 0.29) is 12.1 Å². The Balaban J connectivity index is 1.91. The van der Waals surface area contributed by atoms with E-state index in [0.29, 0.717) is 12.5 Å². The van der Waals surface area contributed by atoms with E-state index in [0.717, 1.165) is 10.2 Å². The fourth-order valence-electron chi connectivity index (χ4n) is 2.02. The van der Waals surface area contributed by atoms with E-state index in [9.17, 15) is 5.11 Å². The molecule has 1 aliphatic rings. The van der Waals surface area contributed by atoms with Crippen LogP contribution in [0.1, 0.15) is 31.4 Å². The predicted molar refractivity (Wildman–Crippen MR) is 75.8 cm³/mol. The van der Waals surface area contributed by atoms with Crippen molar-refractivity contribution in [1.29, 1.82) is 0 Å². The van der Waals surface area contributed by atoms with Crippen molar-refractivity contribution < 1.29 is 9.84 Å². The maximum Gasteiger partial charge on any atom is 0.133 e. The molecule has 1 fully saturated rings. The van der Waals surface area contributed by atoms with Gasteiger partial charge in [-0.3, -0.25) is 0 Å². The fraction of sp³-hybridized carbons (Fsp3) is 0.571. The Morgan fingerprint density at radius 1 is 1.50 bits per heavy atom. The number of nitrogens with one attached hydrogen (secondary N) is 1. The van der Waals surface area contributed by atoms with E-state index in [1.54, 1.807) is 7.11 Å². The summed E-state index contributed by atoms with van der Waals surface area (Å²) in [6.45, 7) is 2.77. The smallest absolute Gasteiger partial charge is 0.133 e. The molecule has 0 spiro atoms. The van der Waals surface area contributed by atoms with Gasteiger partial charge >= 0.3 is 0 Å². The third-order valence-electron chi connectivity index (χ3n) is 3.48. The Hall–Kier alpha value is -0.580. The quantitative estimate of drug-likeness (QED) is 0.848. The number of hydrogen-bond donors (Lipinski definition) is 2. The van der Waals surface area contributed by atoms with Gasteiger partial charge in [0, 0.05) is 12.6 Å². The minimum atomic E-state index is -0.200. The highest BCUT2D eigenvalue weighted by Crippen LogP contribution is 2.32. The molecule has 0 saturated heterocycles. The van der Waals surface area contributed by atoms with Gasteiger partial charge in [-0.1, -0.05) is 6.07 Å². The highest BCUT2D eigenvalue weighted by molar-refractivity contribution is 9.10. The Labute approximate surface area is 117 Å². The number of aliphatic hydroxyl groups is 1. The minimum absolute atomic E-state index is 0.200. The van der Waals surface area contributed by atoms with Crippen LogP contribution in [0.4, 0.5) is 0 Å². The van der Waals surface area contributed by atoms with Crippen molar-refractivity contribution in [2.45, 2.75) is 31.9 Å². The van der Waals surface area contributed by atoms with Crippen molar-refractivity contribution >= 4 is 15.9 Å². The van der Waals surface area contributed by atoms with Crippen molar-refractivity contribution in [3.8, 4) is 5.75 Å². The Morgan fingerprint density at radius 2 is 2.22 bits per heavy atom. The summed E-state index contributed by atoms with van der Waals surface area (Å²) in [4.78, 5) is 0. The van der Waals surface area contributed by atoms with Gasteiger partial charge < -0.3 is 15.2 Å². The summed E-state index contributed by atoms with van der Waals surface area (Å²) in [5, 5.41) is 13.2. The second-order valence-corrected chi connectivity index (χ2v) is 5.78. The zero-order valence-electron chi connectivity index (χ0n) is 10.8. The van der Waals surface area contributed by atoms with Gasteiger partial charge in [0.2, 0.25) is 0 Å². The minimum Gasteiger partial charge on any atom is -0.496 e. The first-order valence-electron chi connectivity index (χ1n) is 6.36. The number of hydrogen-bond acceptors (Lipinski definition) is 3. The number of methoxy groups -OCH3 is 1. The summed E-state index contributed by atoms with van der Waals surface area (Å²) in [6, 6.07) is 6.28. The molecule has 0 bridgehead atoms. The lowest BCUT2D eigenvalue weighted by atomic mass is 10.1. The molecule has 1 aromatic rings. The van der Waals surface area contributed by atoms with Crippen LogP contribution in [-0.2, 0) is 0 Å². The van der Waals surface area contributed by atoms with Gasteiger partial charge in [0.1, 0.15) is 5.75 Å². The van der Waals surface area contributed by atoms with Gasteiger partial charge in [0.15, 0.2) is 0 Å². The van der Waals surface area contributed by atoms with Crippen molar-refractivity contribution in [3.05, 3.63) is 28.2 Å². The van der Waals surface area contributed by atoms with Crippen LogP contribution in [0.25, 0.3) is 0 Å². The molecule has 1 aromatic carbocycles. The molecule has 2 atom stereocenters. The summed E-state index contributed by atoms with van der Waals surface area (Å²) in [5.74, 6) is 1.36. The van der Waals surface area contributed by atoms with Crippen molar-refractivity contribution in [2.75, 3.05) is 13.7 Å². The number of ether oxygens (including phenoxy) is 1. The lowest BCUT2D eigenvalue weighted by molar-refractivity contribution is 0.145. The third kappa shape index (κ3) is 3.46. The van der Waals surface area contributed by atoms with Crippen LogP contribution in [0, 0.1) is 5.92 Å². The van der Waals surface area contributed by atoms with Crippen LogP contribution in [0.2, 0.25) is 0 Å². The summed E-state index contributed by atoms with van der Waals surface area (Å²) >= 11 is 3.49. The molecule has 2 N–H and O–H groups in total. The topological polar surface area (TPSA) is 41.5 Å². The maximum atomic E-state index is 9.83. The number of benzene rings is 1. The van der Waals surface area contributed by atoms with E-state index in [2.05, 4.69) is 34.2 Å². The monoisotopic (exact) mass is 313 g/mol. The molecule has 1 saturated carbocycles. The summed E-state index contributed by atoms with van der Waals surface area (Å²) in [7, 11) is 1.66. The standard InChI is InChI=1S/C14H20BrNO2/c1-9(16-8-13(17)10-3-4-10)11-5-6-14(18-2)12(15)7-11/h5-7,9-10,13,16-17H,3-4,8H2,1-2H3. The molecule has 3 nitrogen and oxygen atoms in total. The Bertz CT molecular complexity index is 407. The van der Waals surface area contributed by atoms with Crippen LogP contribution in [-0.4, -0.2) is 24.9 Å². The first-order valence-corrected chi connectivity index (χ1v) is 7.16. The molecule has 4 heteroatoms. The average Bonchev–Trinajstić information content (AvgIpc) is 3.19. The molecule has 100 valence electrons. The highest BCUT2D eigenvalue weighted by Gasteiger charge is 2.29. The lowest BCUT2D eigenvalue weighted by Gasteiger charge is -2.18. The molecule has 2 rings (SSSR count). The molecular formula is C14H20BrNO2. The molecule has 2 unspecified atom stereocenters. The van der Waals surface area contributed by atoms with Gasteiger partial charge in [-0.2, -0.15) is 0 Å². The molecule has 18 heavy (non-hydrogen) atoms. The SMILES string of the molecule is COc1ccc(C(C)NCC(O)C2CC2)cc1Br. The Kier molecular flexibility index (Phi) is 4.65. The lowest BCUT2D eigenvalue weighted by Crippen LogP contribution is -2.30. The summed E-state index contributed by atoms with van der Waals surface area (Å²) in [5.41, 5.74) is 1.19. The van der Waals surface area contributed by atoms with Crippen molar-refractivity contribution in [2.24, 2.45) is 5.92 Å². The Morgan fingerprint density at radius 3 is 2.78 bits per heavy atom. The van der Waals surface area contributed by atoms with E-state index in [1.807, 2.05) is 12.1 Å². The highest BCUT2D eigenvalue weighted by atomic mass is 79.9. The van der Waals surface area contributed by atoms with Crippen LogP contribution in [0.3, 0.4) is 0 Å². The molecule has 0 heterocycles. The summed E-state index contributed by atoms with van der Waals surface area (Å²) < 4.78 is 6.17. The maximum absolute atomic E-state index is 9.83. The van der Waals surface area contributed by atoms with Gasteiger partial charge in [-0.25, -0.2) is 0 Å². The van der Waals surface area contributed by atoms with E-state index in [4.69, 9.17) is 4.74 Å². The van der Waals surface area contributed by atoms with Gasteiger partial charge in [0.25, 0.3) is 0 Å². The molecule has 0 aromatic heterocycles. The zero-order valence-corrected chi connectivity index (χ0v) is 12.4. The summed E-state index contributed by atoms with van der Waals surface area (Å²) in [6.07, 6.45) is 2.14. The number of halogens is 1. The zero-order chi connectivity index (χ0) is 13.1. The van der Waals surface area contributed by atoms with Gasteiger partial charge in [-0.05, 0) is 59.3 Å². The first kappa shape index (κ1) is 13.8. The predicted octanol–water partition coefficient (Wildman–Crippen LogP) is 2.88. The van der Waals surface area contributed by atoms with Crippen LogP contribution in [0.15, 0.2) is 22.7 Å². The molecule has 1 aliphatic carbocycles. The van der Waals surface area contributed by atoms with Crippen molar-refractivity contribution in [3.63, 3.8) is 0 Å². The van der Waals surface area contributed by atoms with Crippen LogP contribution in [0.5, 0.6) is 5.75 Å². The van der Waals surface area contributed by atoms with Crippen molar-refractivity contribution in [1.82, 2.24) is 5.32 Å². The molecular weight excluding hydrogens is 294 g/mol. The number of aliphatic hydroxyl groups excluding tert-OH is 1. The van der Waals surface area contributed by atoms with E-state index in [1.165, 1.54) is 18.4 Å². The average molecular weight is 314 g/mol. The fourth-order valence-corrected chi connectivity index (χ4v) is 2.57. The molecule has 0 amide bonds. The van der Waals surface area contributed by atoms with Crippen LogP contribution < -0.4 is 10.1 Å². The second kappa shape index (κ2) is 6.04. The normalized spacial score (nSPS) is 18.4. The van der Waals surface area contributed by atoms with Gasteiger partial charge in [0.05, 0.1) is 17.7 Å². The van der Waals surface area contributed by atoms with Crippen LogP contribution >= 0.6 is 15.9 Å². The molecule has 0 radical (unpaired) electrons. The largest absolute Gasteiger partial charge is 0.496 e. The second-order valence-electron chi connectivity index (χ2n) is 4.93.